The van der Waals surface area contributed by atoms with E-state index in [2.05, 4.69) is 30.1 Å². The zero-order chi connectivity index (χ0) is 19.1. The zero-order valence-corrected chi connectivity index (χ0v) is 16.0. The first-order chi connectivity index (χ1) is 13.0. The number of nitrogens with one attached hydrogen (secondary N) is 1. The fraction of sp³-hybridized carbons (Fsp3) is 0.364. The Morgan fingerprint density at radius 3 is 2.78 bits per heavy atom. The van der Waals surface area contributed by atoms with Gasteiger partial charge in [0.1, 0.15) is 6.17 Å². The van der Waals surface area contributed by atoms with Crippen LogP contribution in [0, 0.1) is 0 Å². The van der Waals surface area contributed by atoms with E-state index in [-0.39, 0.29) is 18.0 Å². The van der Waals surface area contributed by atoms with Crippen molar-refractivity contribution in [3.63, 3.8) is 0 Å². The highest BCUT2D eigenvalue weighted by Crippen LogP contribution is 2.35. The third kappa shape index (κ3) is 3.07. The Morgan fingerprint density at radius 1 is 1.19 bits per heavy atom. The zero-order valence-electron chi connectivity index (χ0n) is 16.0. The molecule has 5 heteroatoms. The van der Waals surface area contributed by atoms with E-state index in [1.54, 1.807) is 12.1 Å². The lowest BCUT2D eigenvalue weighted by atomic mass is 10.0. The minimum atomic E-state index is -0.159. The van der Waals surface area contributed by atoms with Crippen molar-refractivity contribution in [2.24, 2.45) is 0 Å². The van der Waals surface area contributed by atoms with Crippen molar-refractivity contribution in [2.45, 2.75) is 38.8 Å². The molecule has 2 aliphatic rings. The Kier molecular flexibility index (Phi) is 4.38. The van der Waals surface area contributed by atoms with Crippen molar-refractivity contribution < 1.29 is 9.59 Å². The van der Waals surface area contributed by atoms with Crippen molar-refractivity contribution in [1.29, 1.82) is 0 Å². The van der Waals surface area contributed by atoms with Crippen molar-refractivity contribution >= 4 is 23.2 Å². The summed E-state index contributed by atoms with van der Waals surface area (Å²) < 4.78 is 0. The molecule has 0 bridgehead atoms. The highest BCUT2D eigenvalue weighted by Gasteiger charge is 2.38. The van der Waals surface area contributed by atoms with Crippen molar-refractivity contribution in [1.82, 2.24) is 4.90 Å². The molecule has 1 saturated heterocycles. The number of hydrogen-bond donors (Lipinski definition) is 1. The van der Waals surface area contributed by atoms with Gasteiger partial charge in [-0.05, 0) is 54.7 Å². The number of benzene rings is 2. The molecule has 1 atom stereocenters. The van der Waals surface area contributed by atoms with Gasteiger partial charge in [-0.15, -0.1) is 0 Å². The minimum absolute atomic E-state index is 0.0715. The number of nitrogens with zero attached hydrogens (tertiary/aromatic N) is 2. The molecule has 2 aliphatic heterocycles. The van der Waals surface area contributed by atoms with Gasteiger partial charge in [0, 0.05) is 24.8 Å². The van der Waals surface area contributed by atoms with E-state index in [0.717, 1.165) is 30.8 Å². The number of anilines is 2. The van der Waals surface area contributed by atoms with Gasteiger partial charge in [0.05, 0.1) is 11.3 Å². The van der Waals surface area contributed by atoms with Gasteiger partial charge >= 0.3 is 0 Å². The minimum Gasteiger partial charge on any atom is -0.354 e. The Morgan fingerprint density at radius 2 is 2.00 bits per heavy atom. The molecule has 2 aromatic rings. The number of carbonyl (C=O) groups is 2. The largest absolute Gasteiger partial charge is 0.354 e. The Balaban J connectivity index is 1.60. The monoisotopic (exact) mass is 363 g/mol. The van der Waals surface area contributed by atoms with Crippen LogP contribution in [0.3, 0.4) is 0 Å². The summed E-state index contributed by atoms with van der Waals surface area (Å²) in [4.78, 5) is 29.5. The predicted octanol–water partition coefficient (Wildman–Crippen LogP) is 4.07. The first-order valence-corrected chi connectivity index (χ1v) is 9.55. The summed E-state index contributed by atoms with van der Waals surface area (Å²) in [5.74, 6) is 0.315. The summed E-state index contributed by atoms with van der Waals surface area (Å²) >= 11 is 0. The van der Waals surface area contributed by atoms with E-state index in [1.807, 2.05) is 36.2 Å². The van der Waals surface area contributed by atoms with E-state index in [4.69, 9.17) is 0 Å². The summed E-state index contributed by atoms with van der Waals surface area (Å²) in [5, 5.41) is 2.98. The quantitative estimate of drug-likeness (QED) is 0.894. The fourth-order valence-electron chi connectivity index (χ4n) is 4.03. The van der Waals surface area contributed by atoms with Crippen LogP contribution in [0.4, 0.5) is 11.4 Å². The van der Waals surface area contributed by atoms with Crippen LogP contribution in [0.1, 0.15) is 58.9 Å². The van der Waals surface area contributed by atoms with Crippen molar-refractivity contribution in [3.05, 3.63) is 59.2 Å². The van der Waals surface area contributed by atoms with Crippen LogP contribution in [0.5, 0.6) is 0 Å². The smallest absolute Gasteiger partial charge is 0.257 e. The number of rotatable bonds is 3. The standard InChI is InChI=1S/C22H25N3O2/c1-14(2)15-6-4-7-17(12-15)23-21(26)16-9-10-18-19(13-16)24(3)20-8-5-11-25(20)22(18)27/h4,6-7,9-10,12-14,20H,5,8,11H2,1-3H3,(H,23,26). The topological polar surface area (TPSA) is 52.7 Å². The van der Waals surface area contributed by atoms with Crippen molar-refractivity contribution in [2.75, 3.05) is 23.8 Å². The van der Waals surface area contributed by atoms with Gasteiger partial charge in [-0.25, -0.2) is 0 Å². The van der Waals surface area contributed by atoms with Crippen LogP contribution >= 0.6 is 0 Å². The number of hydrogen-bond acceptors (Lipinski definition) is 3. The molecule has 0 aromatic heterocycles. The molecule has 4 rings (SSSR count). The van der Waals surface area contributed by atoms with Gasteiger partial charge in [0.15, 0.2) is 0 Å². The molecule has 0 aliphatic carbocycles. The van der Waals surface area contributed by atoms with E-state index < -0.39 is 0 Å². The molecule has 0 spiro atoms. The van der Waals surface area contributed by atoms with Gasteiger partial charge in [-0.1, -0.05) is 26.0 Å². The summed E-state index contributed by atoms with van der Waals surface area (Å²) in [6, 6.07) is 13.3. The first kappa shape index (κ1) is 17.6. The van der Waals surface area contributed by atoms with Crippen LogP contribution in [-0.2, 0) is 0 Å². The van der Waals surface area contributed by atoms with Gasteiger partial charge in [0.2, 0.25) is 0 Å². The van der Waals surface area contributed by atoms with E-state index in [0.29, 0.717) is 17.0 Å². The van der Waals surface area contributed by atoms with Crippen LogP contribution in [0.2, 0.25) is 0 Å². The second-order valence-electron chi connectivity index (χ2n) is 7.70. The Labute approximate surface area is 160 Å². The lowest BCUT2D eigenvalue weighted by molar-refractivity contribution is 0.0719. The molecule has 0 radical (unpaired) electrons. The van der Waals surface area contributed by atoms with Gasteiger partial charge in [0.25, 0.3) is 11.8 Å². The highest BCUT2D eigenvalue weighted by molar-refractivity contribution is 6.08. The average molecular weight is 363 g/mol. The Hall–Kier alpha value is -2.82. The van der Waals surface area contributed by atoms with Crippen LogP contribution < -0.4 is 10.2 Å². The van der Waals surface area contributed by atoms with Crippen LogP contribution in [0.25, 0.3) is 0 Å². The second kappa shape index (κ2) is 6.72. The predicted molar refractivity (Wildman–Crippen MR) is 107 cm³/mol. The summed E-state index contributed by atoms with van der Waals surface area (Å²) in [6.07, 6.45) is 2.10. The molecule has 1 N–H and O–H groups in total. The molecule has 2 heterocycles. The average Bonchev–Trinajstić information content (AvgIpc) is 3.16. The molecule has 1 fully saturated rings. The second-order valence-corrected chi connectivity index (χ2v) is 7.70. The maximum Gasteiger partial charge on any atom is 0.257 e. The molecule has 2 amide bonds. The lowest BCUT2D eigenvalue weighted by Crippen LogP contribution is -2.50. The maximum absolute atomic E-state index is 12.8. The first-order valence-electron chi connectivity index (χ1n) is 9.55. The molecule has 5 nitrogen and oxygen atoms in total. The third-order valence-corrected chi connectivity index (χ3v) is 5.61. The molecule has 0 saturated carbocycles. The number of carbonyl (C=O) groups excluding carboxylic acids is 2. The van der Waals surface area contributed by atoms with Gasteiger partial charge in [-0.2, -0.15) is 0 Å². The molecule has 140 valence electrons. The molecule has 27 heavy (non-hydrogen) atoms. The van der Waals surface area contributed by atoms with E-state index in [9.17, 15) is 9.59 Å². The lowest BCUT2D eigenvalue weighted by Gasteiger charge is -2.40. The van der Waals surface area contributed by atoms with Crippen LogP contribution in [-0.4, -0.2) is 36.5 Å². The third-order valence-electron chi connectivity index (χ3n) is 5.61. The SMILES string of the molecule is CC(C)c1cccc(NC(=O)c2ccc3c(c2)N(C)C2CCCN2C3=O)c1. The number of fused-ring (bicyclic) bond motifs is 2. The summed E-state index contributed by atoms with van der Waals surface area (Å²) in [7, 11) is 2.00. The molecular weight excluding hydrogens is 338 g/mol. The van der Waals surface area contributed by atoms with E-state index >= 15 is 0 Å². The van der Waals surface area contributed by atoms with Gasteiger partial charge in [-0.3, -0.25) is 9.59 Å². The summed E-state index contributed by atoms with van der Waals surface area (Å²) in [6.45, 7) is 5.06. The normalized spacial score (nSPS) is 18.5. The molecule has 1 unspecified atom stereocenters. The fourth-order valence-corrected chi connectivity index (χ4v) is 4.03. The van der Waals surface area contributed by atoms with Crippen LogP contribution in [0.15, 0.2) is 42.5 Å². The summed E-state index contributed by atoms with van der Waals surface area (Å²) in [5.41, 5.74) is 4.05. The highest BCUT2D eigenvalue weighted by atomic mass is 16.2. The maximum atomic E-state index is 12.8. The number of amides is 2. The molecule has 2 aromatic carbocycles. The van der Waals surface area contributed by atoms with Crippen molar-refractivity contribution in [3.8, 4) is 0 Å². The Bertz CT molecular complexity index is 906. The molecular formula is C22H25N3O2. The van der Waals surface area contributed by atoms with E-state index in [1.165, 1.54) is 5.56 Å². The van der Waals surface area contributed by atoms with Gasteiger partial charge < -0.3 is 15.1 Å².